The van der Waals surface area contributed by atoms with Crippen molar-refractivity contribution >= 4 is 33.2 Å². The van der Waals surface area contributed by atoms with Crippen LogP contribution in [0.1, 0.15) is 18.1 Å². The lowest BCUT2D eigenvalue weighted by molar-refractivity contribution is -0.136. The maximum atomic E-state index is 11.1. The summed E-state index contributed by atoms with van der Waals surface area (Å²) in [6.07, 6.45) is 2.21. The molecule has 0 saturated heterocycles. The number of carboxylic acid groups (broad SMARTS) is 1. The monoisotopic (exact) mass is 463 g/mol. The number of hydrogen-bond donors (Lipinski definition) is 2. The Morgan fingerprint density at radius 1 is 1.09 bits per heavy atom. The standard InChI is InChI=1S/C25H25N3O4S/c1-3-32-22-11-16(4-5-17(22)12-25(29)30)20-13-24(28-15-27-20)26-8-6-18-10-19-7-9-33-23(19)14-21(18)31-2/h4-5,7,9-11,13-15H,3,6,8,12H2,1-2H3,(H,29,30)(H,26,27,28). The summed E-state index contributed by atoms with van der Waals surface area (Å²) in [7, 11) is 1.70. The third kappa shape index (κ3) is 5.40. The van der Waals surface area contributed by atoms with Crippen molar-refractivity contribution in [3.8, 4) is 22.8 Å². The third-order valence-corrected chi connectivity index (χ3v) is 6.11. The third-order valence-electron chi connectivity index (χ3n) is 5.23. The van der Waals surface area contributed by atoms with E-state index in [1.54, 1.807) is 24.5 Å². The number of anilines is 1. The molecule has 0 unspecified atom stereocenters. The Labute approximate surface area is 196 Å². The van der Waals surface area contributed by atoms with E-state index in [2.05, 4.69) is 38.9 Å². The van der Waals surface area contributed by atoms with E-state index in [9.17, 15) is 4.79 Å². The van der Waals surface area contributed by atoms with E-state index in [4.69, 9.17) is 14.6 Å². The van der Waals surface area contributed by atoms with E-state index in [0.29, 0.717) is 30.3 Å². The quantitative estimate of drug-likeness (QED) is 0.340. The minimum absolute atomic E-state index is 0.0904. The molecule has 4 rings (SSSR count). The zero-order chi connectivity index (χ0) is 23.2. The lowest BCUT2D eigenvalue weighted by Crippen LogP contribution is -2.07. The smallest absolute Gasteiger partial charge is 0.307 e. The van der Waals surface area contributed by atoms with Gasteiger partial charge in [-0.1, -0.05) is 12.1 Å². The molecule has 0 saturated carbocycles. The maximum absolute atomic E-state index is 11.1. The van der Waals surface area contributed by atoms with E-state index in [1.807, 2.05) is 25.1 Å². The molecule has 170 valence electrons. The Morgan fingerprint density at radius 2 is 1.97 bits per heavy atom. The summed E-state index contributed by atoms with van der Waals surface area (Å²) in [5, 5.41) is 15.8. The molecule has 0 bridgehead atoms. The van der Waals surface area contributed by atoms with Gasteiger partial charge in [0.25, 0.3) is 0 Å². The number of benzene rings is 2. The van der Waals surface area contributed by atoms with Crippen molar-refractivity contribution < 1.29 is 19.4 Å². The fourth-order valence-corrected chi connectivity index (χ4v) is 4.47. The van der Waals surface area contributed by atoms with E-state index >= 15 is 0 Å². The highest BCUT2D eigenvalue weighted by Gasteiger charge is 2.12. The summed E-state index contributed by atoms with van der Waals surface area (Å²) >= 11 is 1.70. The normalized spacial score (nSPS) is 10.8. The number of nitrogens with zero attached hydrogens (tertiary/aromatic N) is 2. The molecule has 7 nitrogen and oxygen atoms in total. The minimum atomic E-state index is -0.896. The molecule has 0 fully saturated rings. The second kappa shape index (κ2) is 10.3. The first-order chi connectivity index (χ1) is 16.1. The predicted molar refractivity (Wildman–Crippen MR) is 131 cm³/mol. The number of aliphatic carboxylic acids is 1. The van der Waals surface area contributed by atoms with Crippen LogP contribution >= 0.6 is 11.3 Å². The predicted octanol–water partition coefficient (Wildman–Crippen LogP) is 5.05. The highest BCUT2D eigenvalue weighted by molar-refractivity contribution is 7.17. The van der Waals surface area contributed by atoms with Crippen LogP contribution in [0.2, 0.25) is 0 Å². The Hall–Kier alpha value is -3.65. The topological polar surface area (TPSA) is 93.6 Å². The molecule has 8 heteroatoms. The molecular formula is C25H25N3O4S. The molecular weight excluding hydrogens is 438 g/mol. The van der Waals surface area contributed by atoms with Gasteiger partial charge in [0.1, 0.15) is 23.6 Å². The average molecular weight is 464 g/mol. The second-order valence-electron chi connectivity index (χ2n) is 7.41. The second-order valence-corrected chi connectivity index (χ2v) is 8.36. The van der Waals surface area contributed by atoms with Gasteiger partial charge in [0.05, 0.1) is 25.8 Å². The van der Waals surface area contributed by atoms with Crippen LogP contribution in [0, 0.1) is 0 Å². The number of nitrogens with one attached hydrogen (secondary N) is 1. The lowest BCUT2D eigenvalue weighted by Gasteiger charge is -2.12. The highest BCUT2D eigenvalue weighted by Crippen LogP contribution is 2.30. The van der Waals surface area contributed by atoms with Gasteiger partial charge >= 0.3 is 5.97 Å². The van der Waals surface area contributed by atoms with Crippen molar-refractivity contribution in [3.05, 3.63) is 65.3 Å². The molecule has 0 amide bonds. The first-order valence-corrected chi connectivity index (χ1v) is 11.5. The number of carboxylic acids is 1. The summed E-state index contributed by atoms with van der Waals surface area (Å²) in [5.74, 6) is 1.26. The largest absolute Gasteiger partial charge is 0.496 e. The van der Waals surface area contributed by atoms with Crippen molar-refractivity contribution in [2.24, 2.45) is 0 Å². The van der Waals surface area contributed by atoms with Gasteiger partial charge in [-0.05, 0) is 53.9 Å². The van der Waals surface area contributed by atoms with Crippen LogP contribution in [0.3, 0.4) is 0 Å². The Balaban J connectivity index is 1.48. The molecule has 0 aliphatic rings. The zero-order valence-electron chi connectivity index (χ0n) is 18.5. The van der Waals surface area contributed by atoms with Gasteiger partial charge < -0.3 is 19.9 Å². The Bertz CT molecular complexity index is 1270. The number of carbonyl (C=O) groups is 1. The molecule has 4 aromatic rings. The van der Waals surface area contributed by atoms with Crippen LogP contribution in [-0.2, 0) is 17.6 Å². The van der Waals surface area contributed by atoms with Crippen LogP contribution < -0.4 is 14.8 Å². The molecule has 0 aliphatic heterocycles. The van der Waals surface area contributed by atoms with Gasteiger partial charge in [-0.3, -0.25) is 4.79 Å². The van der Waals surface area contributed by atoms with Crippen molar-refractivity contribution in [2.45, 2.75) is 19.8 Å². The average Bonchev–Trinajstić information content (AvgIpc) is 3.27. The van der Waals surface area contributed by atoms with Crippen LogP contribution in [0.5, 0.6) is 11.5 Å². The van der Waals surface area contributed by atoms with Crippen LogP contribution in [0.15, 0.2) is 54.2 Å². The van der Waals surface area contributed by atoms with Gasteiger partial charge in [0.2, 0.25) is 0 Å². The Morgan fingerprint density at radius 3 is 2.76 bits per heavy atom. The summed E-state index contributed by atoms with van der Waals surface area (Å²) in [6.45, 7) is 3.01. The fourth-order valence-electron chi connectivity index (χ4n) is 3.67. The summed E-state index contributed by atoms with van der Waals surface area (Å²) < 4.78 is 12.4. The number of aromatic nitrogens is 2. The number of ether oxygens (including phenoxy) is 2. The van der Waals surface area contributed by atoms with E-state index in [0.717, 1.165) is 29.0 Å². The first kappa shape index (κ1) is 22.5. The number of thiophene rings is 1. The summed E-state index contributed by atoms with van der Waals surface area (Å²) in [4.78, 5) is 19.8. The summed E-state index contributed by atoms with van der Waals surface area (Å²) in [6, 6.07) is 13.7. The number of fused-ring (bicyclic) bond motifs is 1. The number of methoxy groups -OCH3 is 1. The maximum Gasteiger partial charge on any atom is 0.307 e. The van der Waals surface area contributed by atoms with Crippen molar-refractivity contribution in [2.75, 3.05) is 25.6 Å². The molecule has 33 heavy (non-hydrogen) atoms. The van der Waals surface area contributed by atoms with Crippen molar-refractivity contribution in [1.29, 1.82) is 0 Å². The van der Waals surface area contributed by atoms with Gasteiger partial charge in [0.15, 0.2) is 0 Å². The first-order valence-electron chi connectivity index (χ1n) is 10.6. The molecule has 2 aromatic heterocycles. The van der Waals surface area contributed by atoms with Crippen LogP contribution in [-0.4, -0.2) is 41.3 Å². The molecule has 2 aromatic carbocycles. The van der Waals surface area contributed by atoms with Gasteiger partial charge in [-0.15, -0.1) is 11.3 Å². The SMILES string of the molecule is CCOc1cc(-c2cc(NCCc3cc4ccsc4cc3OC)ncn2)ccc1CC(=O)O. The van der Waals surface area contributed by atoms with Crippen molar-refractivity contribution in [1.82, 2.24) is 9.97 Å². The number of hydrogen-bond acceptors (Lipinski definition) is 7. The number of rotatable bonds is 10. The van der Waals surface area contributed by atoms with Crippen LogP contribution in [0.4, 0.5) is 5.82 Å². The lowest BCUT2D eigenvalue weighted by atomic mass is 10.1. The molecule has 2 heterocycles. The highest BCUT2D eigenvalue weighted by atomic mass is 32.1. The van der Waals surface area contributed by atoms with E-state index in [-0.39, 0.29) is 6.42 Å². The van der Waals surface area contributed by atoms with Crippen LogP contribution in [0.25, 0.3) is 21.3 Å². The molecule has 0 spiro atoms. The molecule has 0 radical (unpaired) electrons. The minimum Gasteiger partial charge on any atom is -0.496 e. The van der Waals surface area contributed by atoms with Crippen molar-refractivity contribution in [3.63, 3.8) is 0 Å². The summed E-state index contributed by atoms with van der Waals surface area (Å²) in [5.41, 5.74) is 3.34. The molecule has 0 aliphatic carbocycles. The van der Waals surface area contributed by atoms with Gasteiger partial charge in [0, 0.05) is 28.4 Å². The molecule has 2 N–H and O–H groups in total. The van der Waals surface area contributed by atoms with E-state index in [1.165, 1.54) is 16.4 Å². The molecule has 0 atom stereocenters. The van der Waals surface area contributed by atoms with Gasteiger partial charge in [-0.2, -0.15) is 0 Å². The Kier molecular flexibility index (Phi) is 7.04. The van der Waals surface area contributed by atoms with Gasteiger partial charge in [-0.25, -0.2) is 9.97 Å². The van der Waals surface area contributed by atoms with E-state index < -0.39 is 5.97 Å². The zero-order valence-corrected chi connectivity index (χ0v) is 19.3. The fraction of sp³-hybridized carbons (Fsp3) is 0.240.